The van der Waals surface area contributed by atoms with Gasteiger partial charge in [0.05, 0.1) is 0 Å². The summed E-state index contributed by atoms with van der Waals surface area (Å²) in [5.74, 6) is 0. The van der Waals surface area contributed by atoms with Crippen molar-refractivity contribution in [3.8, 4) is 0 Å². The lowest BCUT2D eigenvalue weighted by atomic mass is 9.85. The van der Waals surface area contributed by atoms with E-state index >= 15 is 0 Å². The van der Waals surface area contributed by atoms with E-state index in [9.17, 15) is 0 Å². The lowest BCUT2D eigenvalue weighted by molar-refractivity contribution is 0.170. The van der Waals surface area contributed by atoms with E-state index in [0.717, 1.165) is 19.5 Å². The molecule has 0 aliphatic rings. The van der Waals surface area contributed by atoms with Crippen LogP contribution in [0, 0.1) is 5.41 Å². The Bertz CT molecular complexity index is 332. The first kappa shape index (κ1) is 15.2. The third kappa shape index (κ3) is 4.79. The van der Waals surface area contributed by atoms with E-state index in [0.29, 0.717) is 11.5 Å². The number of hydrogen-bond donors (Lipinski definition) is 1. The van der Waals surface area contributed by atoms with E-state index < -0.39 is 0 Å². The van der Waals surface area contributed by atoms with Crippen molar-refractivity contribution in [1.29, 1.82) is 0 Å². The summed E-state index contributed by atoms with van der Waals surface area (Å²) >= 11 is 0. The minimum atomic E-state index is 0.292. The molecule has 2 heteroatoms. The van der Waals surface area contributed by atoms with E-state index in [-0.39, 0.29) is 0 Å². The lowest BCUT2D eigenvalue weighted by Crippen LogP contribution is -2.45. The molecule has 2 nitrogen and oxygen atoms in total. The minimum absolute atomic E-state index is 0.292. The largest absolute Gasteiger partial charge is 0.317 e. The molecular formula is C16H28N2. The van der Waals surface area contributed by atoms with Crippen LogP contribution in [0.1, 0.15) is 26.3 Å². The predicted molar refractivity (Wildman–Crippen MR) is 79.9 cm³/mol. The average molecular weight is 248 g/mol. The molecule has 0 aromatic heterocycles. The molecule has 0 aliphatic carbocycles. The molecule has 1 unspecified atom stereocenters. The maximum atomic E-state index is 3.36. The molecule has 0 fully saturated rings. The summed E-state index contributed by atoms with van der Waals surface area (Å²) in [4.78, 5) is 2.43. The minimum Gasteiger partial charge on any atom is -0.317 e. The Hall–Kier alpha value is -0.860. The molecule has 1 atom stereocenters. The highest BCUT2D eigenvalue weighted by atomic mass is 15.1. The van der Waals surface area contributed by atoms with Gasteiger partial charge in [-0.1, -0.05) is 44.2 Å². The summed E-state index contributed by atoms with van der Waals surface area (Å²) in [6, 6.07) is 11.2. The number of rotatable bonds is 7. The smallest absolute Gasteiger partial charge is 0.00991 e. The van der Waals surface area contributed by atoms with Crippen molar-refractivity contribution >= 4 is 0 Å². The van der Waals surface area contributed by atoms with Crippen LogP contribution in [-0.2, 0) is 6.42 Å². The summed E-state index contributed by atoms with van der Waals surface area (Å²) < 4.78 is 0. The van der Waals surface area contributed by atoms with Crippen molar-refractivity contribution in [3.63, 3.8) is 0 Å². The quantitative estimate of drug-likeness (QED) is 0.798. The number of likely N-dealkylation sites (N-methyl/N-ethyl adjacent to an activating group) is 1. The molecule has 0 spiro atoms. The van der Waals surface area contributed by atoms with Crippen molar-refractivity contribution in [2.24, 2.45) is 5.41 Å². The van der Waals surface area contributed by atoms with Gasteiger partial charge in [-0.05, 0) is 38.4 Å². The number of hydrogen-bond acceptors (Lipinski definition) is 2. The van der Waals surface area contributed by atoms with E-state index in [4.69, 9.17) is 0 Å². The second-order valence-corrected chi connectivity index (χ2v) is 5.97. The van der Waals surface area contributed by atoms with Gasteiger partial charge in [-0.15, -0.1) is 0 Å². The Balaban J connectivity index is 2.40. The zero-order valence-corrected chi connectivity index (χ0v) is 12.5. The molecular weight excluding hydrogens is 220 g/mol. The van der Waals surface area contributed by atoms with Gasteiger partial charge in [-0.3, -0.25) is 0 Å². The predicted octanol–water partition coefficient (Wildman–Crippen LogP) is 2.80. The second-order valence-electron chi connectivity index (χ2n) is 5.97. The van der Waals surface area contributed by atoms with Gasteiger partial charge in [0.15, 0.2) is 0 Å². The van der Waals surface area contributed by atoms with Gasteiger partial charge < -0.3 is 10.2 Å². The Labute approximate surface area is 112 Å². The highest BCUT2D eigenvalue weighted by Gasteiger charge is 2.25. The molecule has 1 N–H and O–H groups in total. The first-order chi connectivity index (χ1) is 8.45. The summed E-state index contributed by atoms with van der Waals surface area (Å²) in [5.41, 5.74) is 1.71. The summed E-state index contributed by atoms with van der Waals surface area (Å²) in [6.45, 7) is 9.14. The lowest BCUT2D eigenvalue weighted by Gasteiger charge is -2.35. The van der Waals surface area contributed by atoms with Crippen molar-refractivity contribution in [3.05, 3.63) is 35.9 Å². The van der Waals surface area contributed by atoms with Crippen molar-refractivity contribution in [1.82, 2.24) is 10.2 Å². The number of nitrogens with one attached hydrogen (secondary N) is 1. The topological polar surface area (TPSA) is 15.3 Å². The molecule has 0 saturated carbocycles. The molecule has 18 heavy (non-hydrogen) atoms. The zero-order valence-electron chi connectivity index (χ0n) is 12.5. The van der Waals surface area contributed by atoms with Gasteiger partial charge >= 0.3 is 0 Å². The van der Waals surface area contributed by atoms with Crippen molar-refractivity contribution in [2.45, 2.75) is 33.2 Å². The van der Waals surface area contributed by atoms with Crippen LogP contribution < -0.4 is 5.32 Å². The van der Waals surface area contributed by atoms with Crippen LogP contribution in [0.2, 0.25) is 0 Å². The van der Waals surface area contributed by atoms with Crippen LogP contribution in [0.5, 0.6) is 0 Å². The van der Waals surface area contributed by atoms with Crippen LogP contribution in [0.3, 0.4) is 0 Å². The first-order valence-electron chi connectivity index (χ1n) is 6.85. The van der Waals surface area contributed by atoms with E-state index in [2.05, 4.69) is 68.4 Å². The van der Waals surface area contributed by atoms with Crippen LogP contribution in [0.15, 0.2) is 30.3 Å². The molecule has 0 bridgehead atoms. The fourth-order valence-electron chi connectivity index (χ4n) is 2.27. The molecule has 0 saturated heterocycles. The molecule has 0 radical (unpaired) electrons. The van der Waals surface area contributed by atoms with Crippen molar-refractivity contribution < 1.29 is 0 Å². The van der Waals surface area contributed by atoms with Crippen molar-refractivity contribution in [2.75, 3.05) is 27.2 Å². The maximum Gasteiger partial charge on any atom is 0.00991 e. The monoisotopic (exact) mass is 248 g/mol. The van der Waals surface area contributed by atoms with Gasteiger partial charge in [-0.25, -0.2) is 0 Å². The zero-order chi connectivity index (χ0) is 13.6. The SMILES string of the molecule is CNC(C)C(C)(C)CN(C)CCc1ccccc1. The van der Waals surface area contributed by atoms with Gasteiger partial charge in [0, 0.05) is 19.1 Å². The Kier molecular flexibility index (Phi) is 5.83. The van der Waals surface area contributed by atoms with E-state index in [1.54, 1.807) is 0 Å². The second kappa shape index (κ2) is 6.91. The fraction of sp³-hybridized carbons (Fsp3) is 0.625. The number of benzene rings is 1. The summed E-state index contributed by atoms with van der Waals surface area (Å²) in [6.07, 6.45) is 1.13. The van der Waals surface area contributed by atoms with Crippen LogP contribution in [0.4, 0.5) is 0 Å². The molecule has 0 amide bonds. The van der Waals surface area contributed by atoms with Gasteiger partial charge in [-0.2, -0.15) is 0 Å². The fourth-order valence-corrected chi connectivity index (χ4v) is 2.27. The van der Waals surface area contributed by atoms with Crippen LogP contribution in [0.25, 0.3) is 0 Å². The molecule has 0 aliphatic heterocycles. The standard InChI is InChI=1S/C16H28N2/c1-14(17-4)16(2,3)13-18(5)12-11-15-9-7-6-8-10-15/h6-10,14,17H,11-13H2,1-5H3. The first-order valence-corrected chi connectivity index (χ1v) is 6.85. The Morgan fingerprint density at radius 1 is 1.22 bits per heavy atom. The normalized spacial score (nSPS) is 13.9. The third-order valence-electron chi connectivity index (χ3n) is 3.91. The molecule has 1 aromatic rings. The average Bonchev–Trinajstić information content (AvgIpc) is 2.36. The van der Waals surface area contributed by atoms with Crippen LogP contribution in [-0.4, -0.2) is 38.1 Å². The number of nitrogens with zero attached hydrogens (tertiary/aromatic N) is 1. The molecule has 1 aromatic carbocycles. The summed E-state index contributed by atoms with van der Waals surface area (Å²) in [5, 5.41) is 3.36. The third-order valence-corrected chi connectivity index (χ3v) is 3.91. The molecule has 0 heterocycles. The maximum absolute atomic E-state index is 3.36. The molecule has 102 valence electrons. The highest BCUT2D eigenvalue weighted by Crippen LogP contribution is 2.21. The van der Waals surface area contributed by atoms with E-state index in [1.165, 1.54) is 5.56 Å². The summed E-state index contributed by atoms with van der Waals surface area (Å²) in [7, 11) is 4.25. The van der Waals surface area contributed by atoms with Gasteiger partial charge in [0.2, 0.25) is 0 Å². The highest BCUT2D eigenvalue weighted by molar-refractivity contribution is 5.14. The van der Waals surface area contributed by atoms with Crippen LogP contribution >= 0.6 is 0 Å². The van der Waals surface area contributed by atoms with E-state index in [1.807, 2.05) is 7.05 Å². The van der Waals surface area contributed by atoms with Gasteiger partial charge in [0.25, 0.3) is 0 Å². The Morgan fingerprint density at radius 3 is 2.39 bits per heavy atom. The Morgan fingerprint density at radius 2 is 1.83 bits per heavy atom. The van der Waals surface area contributed by atoms with Gasteiger partial charge in [0.1, 0.15) is 0 Å². The molecule has 1 rings (SSSR count).